The fraction of sp³-hybridized carbons (Fsp3) is 0.469. The Hall–Kier alpha value is -8.04. The predicted molar refractivity (Wildman–Crippen MR) is 323 cm³/mol. The number of benzene rings is 3. The molecular weight excluding hydrogens is 1130 g/mol. The topological polar surface area (TPSA) is 228 Å². The SMILES string of the molecule is C#Cc1c(F)ccc2cc(O)cc(-c3ncc4c(N5CC6CCC(C5)N6)nc(OC[C@]56CCCN5[C@H](COC(=O)N5CCN(c7cc([C@H](C(=O)N8C[C@H](O)C[C@H]8C(=O)N[C@@H](C)c8ccc(-c9scnc9C)cc8)C(C)C)on7)CC5)CC6)nc4c3F)c12. The number of hydrogen-bond acceptors (Lipinski definition) is 18. The second-order valence-corrected chi connectivity index (χ2v) is 25.4. The first-order valence-electron chi connectivity index (χ1n) is 30.1. The van der Waals surface area contributed by atoms with Crippen molar-refractivity contribution in [3.63, 3.8) is 0 Å². The number of terminal acetylenes is 1. The van der Waals surface area contributed by atoms with E-state index in [1.54, 1.807) is 22.3 Å². The summed E-state index contributed by atoms with van der Waals surface area (Å²) in [4.78, 5) is 71.5. The summed E-state index contributed by atoms with van der Waals surface area (Å²) < 4.78 is 51.0. The maximum absolute atomic E-state index is 17.3. The standard InChI is InChI=1S/C64H70F2N12O8S/c1-6-46-49(65)15-12-40-24-44(79)25-47(54(40)46)56-55(66)57-48(28-67-56)59(76-29-41-13-14-42(30-76)70-41)72-62(71-57)85-33-64-17-7-19-78(64)43(16-18-64)32-84-63(83)75-22-20-74(21-23-75)52-27-51(86-73-52)53(35(2)3)61(82)77-31-45(80)26-50(77)60(81)69-36(4)38-8-10-39(11-9-38)58-37(5)68-34-87-58/h1,8-12,15,24-25,27-28,34-36,41-43,45,50,53,70,79-80H,7,13-14,16-23,26,29-33H2,2-5H3,(H,69,81)/t36-,41?,42?,43-,45+,50-,53+,64+/m0/s1. The van der Waals surface area contributed by atoms with Gasteiger partial charge in [0, 0.05) is 93.6 Å². The molecule has 6 aliphatic rings. The molecule has 6 aliphatic heterocycles. The van der Waals surface area contributed by atoms with Crippen LogP contribution in [-0.4, -0.2) is 169 Å². The number of aromatic hydroxyl groups is 1. The van der Waals surface area contributed by atoms with Gasteiger partial charge in [0.25, 0.3) is 0 Å². The van der Waals surface area contributed by atoms with E-state index in [0.717, 1.165) is 66.8 Å². The number of carbonyl (C=O) groups is 3. The molecule has 87 heavy (non-hydrogen) atoms. The fourth-order valence-corrected chi connectivity index (χ4v) is 15.1. The van der Waals surface area contributed by atoms with Crippen molar-refractivity contribution in [2.45, 2.75) is 120 Å². The average Bonchev–Trinajstić information content (AvgIpc) is 1.22. The lowest BCUT2D eigenvalue weighted by Gasteiger charge is -2.36. The highest BCUT2D eigenvalue weighted by molar-refractivity contribution is 7.13. The lowest BCUT2D eigenvalue weighted by atomic mass is 9.91. The van der Waals surface area contributed by atoms with E-state index in [4.69, 9.17) is 30.4 Å². The van der Waals surface area contributed by atoms with Crippen LogP contribution in [0.3, 0.4) is 0 Å². The third-order valence-corrected chi connectivity index (χ3v) is 19.8. The molecule has 10 heterocycles. The number of likely N-dealkylation sites (tertiary alicyclic amines) is 1. The van der Waals surface area contributed by atoms with Gasteiger partial charge < -0.3 is 54.4 Å². The molecule has 20 nitrogen and oxygen atoms in total. The molecule has 0 saturated carbocycles. The number of nitrogens with one attached hydrogen (secondary N) is 2. The highest BCUT2D eigenvalue weighted by Crippen LogP contribution is 2.44. The second-order valence-electron chi connectivity index (χ2n) is 24.6. The van der Waals surface area contributed by atoms with Crippen molar-refractivity contribution in [3.8, 4) is 45.8 Å². The van der Waals surface area contributed by atoms with Crippen LogP contribution in [0.25, 0.3) is 43.4 Å². The zero-order valence-corrected chi connectivity index (χ0v) is 49.9. The third kappa shape index (κ3) is 11.0. The number of piperazine rings is 2. The van der Waals surface area contributed by atoms with Crippen LogP contribution in [0.5, 0.6) is 11.8 Å². The number of anilines is 2. The van der Waals surface area contributed by atoms with Crippen LogP contribution in [0.15, 0.2) is 70.8 Å². The molecule has 0 aliphatic carbocycles. The molecule has 454 valence electrons. The molecule has 2 unspecified atom stereocenters. The Labute approximate surface area is 506 Å². The number of ether oxygens (including phenoxy) is 2. The first-order chi connectivity index (χ1) is 42.0. The van der Waals surface area contributed by atoms with Gasteiger partial charge in [0.15, 0.2) is 17.4 Å². The van der Waals surface area contributed by atoms with Gasteiger partial charge >= 0.3 is 12.1 Å². The lowest BCUT2D eigenvalue weighted by Crippen LogP contribution is -2.51. The van der Waals surface area contributed by atoms with E-state index in [0.29, 0.717) is 67.4 Å². The van der Waals surface area contributed by atoms with Crippen molar-refractivity contribution in [3.05, 3.63) is 101 Å². The summed E-state index contributed by atoms with van der Waals surface area (Å²) in [6, 6.07) is 14.4. The Balaban J connectivity index is 0.637. The minimum absolute atomic E-state index is 0.00519. The van der Waals surface area contributed by atoms with Crippen molar-refractivity contribution >= 4 is 62.6 Å². The summed E-state index contributed by atoms with van der Waals surface area (Å²) in [6.07, 6.45) is 11.5. The van der Waals surface area contributed by atoms with Gasteiger partial charge in [-0.1, -0.05) is 55.3 Å². The number of aliphatic hydroxyl groups is 1. The summed E-state index contributed by atoms with van der Waals surface area (Å²) in [7, 11) is 0. The molecule has 0 spiro atoms. The fourth-order valence-electron chi connectivity index (χ4n) is 14.3. The maximum atomic E-state index is 17.3. The molecule has 2 bridgehead atoms. The minimum Gasteiger partial charge on any atom is -0.508 e. The monoisotopic (exact) mass is 1200 g/mol. The number of aliphatic hydroxyl groups excluding tert-OH is 1. The van der Waals surface area contributed by atoms with Gasteiger partial charge in [0.05, 0.1) is 44.7 Å². The Morgan fingerprint density at radius 1 is 0.954 bits per heavy atom. The van der Waals surface area contributed by atoms with E-state index in [9.17, 15) is 24.6 Å². The summed E-state index contributed by atoms with van der Waals surface area (Å²) in [5, 5.41) is 33.8. The van der Waals surface area contributed by atoms with Crippen LogP contribution < -0.4 is 25.2 Å². The number of thiazole rings is 1. The second kappa shape index (κ2) is 23.6. The maximum Gasteiger partial charge on any atom is 0.409 e. The molecule has 3 amide bonds. The van der Waals surface area contributed by atoms with Crippen molar-refractivity contribution < 1.29 is 47.4 Å². The zero-order valence-electron chi connectivity index (χ0n) is 49.0. The molecule has 6 saturated heterocycles. The quantitative estimate of drug-likeness (QED) is 0.0711. The van der Waals surface area contributed by atoms with E-state index in [-0.39, 0.29) is 108 Å². The van der Waals surface area contributed by atoms with Crippen molar-refractivity contribution in [1.29, 1.82) is 0 Å². The number of nitrogens with zero attached hydrogens (tertiary/aromatic N) is 10. The van der Waals surface area contributed by atoms with Crippen molar-refractivity contribution in [2.75, 3.05) is 75.4 Å². The number of rotatable bonds is 15. The van der Waals surface area contributed by atoms with E-state index in [1.807, 2.05) is 62.4 Å². The van der Waals surface area contributed by atoms with Gasteiger partial charge in [-0.05, 0) is 99.5 Å². The highest BCUT2D eigenvalue weighted by Gasteiger charge is 2.51. The molecule has 4 N–H and O–H groups in total. The van der Waals surface area contributed by atoms with Gasteiger partial charge in [0.2, 0.25) is 11.8 Å². The number of aryl methyl sites for hydroxylation is 1. The zero-order chi connectivity index (χ0) is 60.4. The molecule has 4 aromatic heterocycles. The van der Waals surface area contributed by atoms with Crippen molar-refractivity contribution in [2.24, 2.45) is 5.92 Å². The number of fused-ring (bicyclic) bond motifs is 5. The Bertz CT molecular complexity index is 3820. The number of carbonyl (C=O) groups excluding carboxylic acids is 3. The van der Waals surface area contributed by atoms with Gasteiger partial charge in [-0.3, -0.25) is 19.5 Å². The van der Waals surface area contributed by atoms with E-state index < -0.39 is 41.3 Å². The smallest absolute Gasteiger partial charge is 0.409 e. The van der Waals surface area contributed by atoms with Gasteiger partial charge in [-0.25, -0.2) is 18.6 Å². The summed E-state index contributed by atoms with van der Waals surface area (Å²) in [5.74, 6) is 0.508. The largest absolute Gasteiger partial charge is 0.508 e. The Kier molecular flexibility index (Phi) is 15.7. The molecular formula is C64H70F2N12O8S. The van der Waals surface area contributed by atoms with E-state index in [1.165, 1.54) is 35.4 Å². The summed E-state index contributed by atoms with van der Waals surface area (Å²) >= 11 is 1.58. The highest BCUT2D eigenvalue weighted by atomic mass is 32.1. The molecule has 3 aromatic carbocycles. The molecule has 0 radical (unpaired) electrons. The van der Waals surface area contributed by atoms with Crippen LogP contribution in [0.1, 0.15) is 100 Å². The van der Waals surface area contributed by atoms with E-state index >= 15 is 8.78 Å². The molecule has 8 atom stereocenters. The van der Waals surface area contributed by atoms with Crippen LogP contribution >= 0.6 is 11.3 Å². The van der Waals surface area contributed by atoms with Crippen LogP contribution in [-0.2, 0) is 14.3 Å². The minimum atomic E-state index is -0.876. The molecule has 6 fully saturated rings. The van der Waals surface area contributed by atoms with Crippen LogP contribution in [0.2, 0.25) is 0 Å². The van der Waals surface area contributed by atoms with Crippen LogP contribution in [0.4, 0.5) is 25.2 Å². The molecule has 7 aromatic rings. The summed E-state index contributed by atoms with van der Waals surface area (Å²) in [6.45, 7) is 11.8. The number of phenols is 1. The number of aromatic nitrogens is 5. The first kappa shape index (κ1) is 58.0. The molecule has 13 rings (SSSR count). The number of β-amino-alcohol motifs (C(OH)–C–C–N with tert-alkyl or cyclic N) is 1. The third-order valence-electron chi connectivity index (χ3n) is 18.8. The van der Waals surface area contributed by atoms with Gasteiger partial charge in [-0.15, -0.1) is 17.8 Å². The number of hydrogen-bond donors (Lipinski definition) is 4. The normalized spacial score (nSPS) is 23.6. The van der Waals surface area contributed by atoms with Crippen molar-refractivity contribution in [1.82, 2.24) is 50.4 Å². The van der Waals surface area contributed by atoms with Crippen LogP contribution in [0, 0.1) is 36.8 Å². The van der Waals surface area contributed by atoms with Gasteiger partial charge in [0.1, 0.15) is 53.8 Å². The lowest BCUT2D eigenvalue weighted by molar-refractivity contribution is -0.141. The number of amides is 3. The number of pyridine rings is 1. The van der Waals surface area contributed by atoms with Gasteiger partial charge in [-0.2, -0.15) is 9.97 Å². The Morgan fingerprint density at radius 2 is 1.74 bits per heavy atom. The van der Waals surface area contributed by atoms with E-state index in [2.05, 4.69) is 41.5 Å². The number of phenolic OH excluding ortho intramolecular Hbond substituents is 1. The summed E-state index contributed by atoms with van der Waals surface area (Å²) in [5.41, 5.74) is 4.20. The predicted octanol–water partition coefficient (Wildman–Crippen LogP) is 8.08. The molecule has 23 heteroatoms. The average molecular weight is 1210 g/mol. The number of halogens is 2. The first-order valence-corrected chi connectivity index (χ1v) is 31.0. The Morgan fingerprint density at radius 3 is 2.47 bits per heavy atom.